The van der Waals surface area contributed by atoms with E-state index < -0.39 is 0 Å². The molecule has 4 heteroatoms. The zero-order valence-electron chi connectivity index (χ0n) is 10.9. The molecule has 1 fully saturated rings. The smallest absolute Gasteiger partial charge is 0.0443 e. The van der Waals surface area contributed by atoms with Gasteiger partial charge in [-0.1, -0.05) is 6.42 Å². The van der Waals surface area contributed by atoms with Crippen LogP contribution in [0.2, 0.25) is 0 Å². The van der Waals surface area contributed by atoms with E-state index in [2.05, 4.69) is 10.2 Å². The molecule has 1 aliphatic carbocycles. The summed E-state index contributed by atoms with van der Waals surface area (Å²) >= 11 is 0. The number of rotatable bonds is 11. The Bertz CT molecular complexity index is 175. The van der Waals surface area contributed by atoms with Crippen LogP contribution < -0.4 is 5.32 Å². The summed E-state index contributed by atoms with van der Waals surface area (Å²) in [6, 6.07) is 0.777. The molecule has 0 amide bonds. The van der Waals surface area contributed by atoms with Crippen molar-refractivity contribution in [2.45, 2.75) is 44.6 Å². The van der Waals surface area contributed by atoms with E-state index in [1.165, 1.54) is 19.3 Å². The Morgan fingerprint density at radius 2 is 1.59 bits per heavy atom. The van der Waals surface area contributed by atoms with Crippen LogP contribution in [-0.4, -0.2) is 60.5 Å². The molecule has 0 unspecified atom stereocenters. The van der Waals surface area contributed by atoms with E-state index in [1.807, 2.05) is 0 Å². The first-order valence-corrected chi connectivity index (χ1v) is 7.05. The van der Waals surface area contributed by atoms with Gasteiger partial charge >= 0.3 is 0 Å². The highest BCUT2D eigenvalue weighted by molar-refractivity contribution is 4.80. The summed E-state index contributed by atoms with van der Waals surface area (Å²) in [5.41, 5.74) is 0. The number of aliphatic hydroxyl groups excluding tert-OH is 2. The molecule has 0 heterocycles. The Morgan fingerprint density at radius 3 is 2.18 bits per heavy atom. The van der Waals surface area contributed by atoms with Gasteiger partial charge in [0.25, 0.3) is 0 Å². The van der Waals surface area contributed by atoms with Crippen molar-refractivity contribution in [3.63, 3.8) is 0 Å². The number of nitrogens with zero attached hydrogens (tertiary/aromatic N) is 1. The lowest BCUT2D eigenvalue weighted by molar-refractivity contribution is 0.115. The van der Waals surface area contributed by atoms with Crippen molar-refractivity contribution < 1.29 is 10.2 Å². The van der Waals surface area contributed by atoms with Crippen LogP contribution in [0.25, 0.3) is 0 Å². The van der Waals surface area contributed by atoms with Crippen molar-refractivity contribution in [3.8, 4) is 0 Å². The first kappa shape index (κ1) is 14.9. The van der Waals surface area contributed by atoms with Gasteiger partial charge in [0.2, 0.25) is 0 Å². The normalized spacial score (nSPS) is 16.4. The second kappa shape index (κ2) is 9.83. The second-order valence-corrected chi connectivity index (χ2v) is 4.88. The highest BCUT2D eigenvalue weighted by atomic mass is 16.3. The van der Waals surface area contributed by atoms with Crippen molar-refractivity contribution in [1.82, 2.24) is 10.2 Å². The van der Waals surface area contributed by atoms with Crippen LogP contribution in [-0.2, 0) is 0 Å². The van der Waals surface area contributed by atoms with Gasteiger partial charge in [0.05, 0.1) is 0 Å². The van der Waals surface area contributed by atoms with Gasteiger partial charge in [-0.2, -0.15) is 0 Å². The van der Waals surface area contributed by atoms with Crippen molar-refractivity contribution >= 4 is 0 Å². The average Bonchev–Trinajstić information content (AvgIpc) is 2.27. The van der Waals surface area contributed by atoms with E-state index in [0.29, 0.717) is 6.61 Å². The Labute approximate surface area is 105 Å². The maximum absolute atomic E-state index is 8.89. The molecule has 1 saturated carbocycles. The Balaban J connectivity index is 2.02. The van der Waals surface area contributed by atoms with E-state index in [4.69, 9.17) is 10.2 Å². The minimum Gasteiger partial charge on any atom is -0.396 e. The summed E-state index contributed by atoms with van der Waals surface area (Å²) in [4.78, 5) is 2.54. The highest BCUT2D eigenvalue weighted by Gasteiger charge is 2.23. The van der Waals surface area contributed by atoms with Crippen LogP contribution in [0.15, 0.2) is 0 Å². The fraction of sp³-hybridized carbons (Fsp3) is 1.00. The lowest BCUT2D eigenvalue weighted by Gasteiger charge is -2.37. The minimum absolute atomic E-state index is 0.275. The van der Waals surface area contributed by atoms with Crippen LogP contribution >= 0.6 is 0 Å². The third kappa shape index (κ3) is 6.36. The molecular weight excluding hydrogens is 216 g/mol. The summed E-state index contributed by atoms with van der Waals surface area (Å²) in [5, 5.41) is 20.9. The summed E-state index contributed by atoms with van der Waals surface area (Å²) in [7, 11) is 0. The molecule has 17 heavy (non-hydrogen) atoms. The molecule has 0 saturated heterocycles. The van der Waals surface area contributed by atoms with Crippen LogP contribution in [0.1, 0.15) is 38.5 Å². The van der Waals surface area contributed by atoms with Crippen molar-refractivity contribution in [1.29, 1.82) is 0 Å². The first-order chi connectivity index (χ1) is 8.38. The van der Waals surface area contributed by atoms with Gasteiger partial charge in [-0.3, -0.25) is 0 Å². The fourth-order valence-corrected chi connectivity index (χ4v) is 2.24. The topological polar surface area (TPSA) is 55.7 Å². The van der Waals surface area contributed by atoms with E-state index in [-0.39, 0.29) is 6.61 Å². The van der Waals surface area contributed by atoms with Gasteiger partial charge in [0.1, 0.15) is 0 Å². The van der Waals surface area contributed by atoms with Gasteiger partial charge in [-0.05, 0) is 51.7 Å². The Hall–Kier alpha value is -0.160. The lowest BCUT2D eigenvalue weighted by atomic mass is 9.91. The van der Waals surface area contributed by atoms with Gasteiger partial charge in [0, 0.05) is 25.8 Å². The monoisotopic (exact) mass is 244 g/mol. The predicted molar refractivity (Wildman–Crippen MR) is 70.1 cm³/mol. The Morgan fingerprint density at radius 1 is 0.941 bits per heavy atom. The molecule has 0 aromatic heterocycles. The zero-order chi connectivity index (χ0) is 12.3. The summed E-state index contributed by atoms with van der Waals surface area (Å²) in [6.45, 7) is 4.70. The first-order valence-electron chi connectivity index (χ1n) is 7.05. The molecule has 102 valence electrons. The molecular formula is C13H28N2O2. The summed E-state index contributed by atoms with van der Waals surface area (Å²) in [6.07, 6.45) is 6.94. The van der Waals surface area contributed by atoms with E-state index in [1.54, 1.807) is 0 Å². The van der Waals surface area contributed by atoms with Gasteiger partial charge in [-0.15, -0.1) is 0 Å². The number of nitrogens with one attached hydrogen (secondary N) is 1. The van der Waals surface area contributed by atoms with Crippen molar-refractivity contribution in [2.24, 2.45) is 0 Å². The minimum atomic E-state index is 0.275. The summed E-state index contributed by atoms with van der Waals surface area (Å²) < 4.78 is 0. The van der Waals surface area contributed by atoms with Crippen LogP contribution in [0.5, 0.6) is 0 Å². The predicted octanol–water partition coefficient (Wildman–Crippen LogP) is 0.585. The molecule has 0 aromatic carbocycles. The molecule has 0 aliphatic heterocycles. The number of aliphatic hydroxyl groups is 2. The van der Waals surface area contributed by atoms with Crippen LogP contribution in [0.4, 0.5) is 0 Å². The molecule has 0 spiro atoms. The van der Waals surface area contributed by atoms with E-state index in [9.17, 15) is 0 Å². The third-order valence-electron chi connectivity index (χ3n) is 3.51. The quantitative estimate of drug-likeness (QED) is 0.466. The molecule has 0 bridgehead atoms. The second-order valence-electron chi connectivity index (χ2n) is 4.88. The molecule has 0 aromatic rings. The lowest BCUT2D eigenvalue weighted by Crippen LogP contribution is -2.42. The van der Waals surface area contributed by atoms with Gasteiger partial charge in [-0.25, -0.2) is 0 Å². The maximum Gasteiger partial charge on any atom is 0.0443 e. The number of hydrogen-bond acceptors (Lipinski definition) is 4. The SMILES string of the molecule is OCCCNCCCN(CCCO)C1CCC1. The third-order valence-corrected chi connectivity index (χ3v) is 3.51. The zero-order valence-corrected chi connectivity index (χ0v) is 10.9. The molecule has 0 radical (unpaired) electrons. The fourth-order valence-electron chi connectivity index (χ4n) is 2.24. The number of hydrogen-bond donors (Lipinski definition) is 3. The molecule has 3 N–H and O–H groups in total. The largest absolute Gasteiger partial charge is 0.396 e. The summed E-state index contributed by atoms with van der Waals surface area (Å²) in [5.74, 6) is 0. The molecule has 4 nitrogen and oxygen atoms in total. The molecule has 0 atom stereocenters. The van der Waals surface area contributed by atoms with Gasteiger partial charge < -0.3 is 20.4 Å². The van der Waals surface area contributed by atoms with Crippen LogP contribution in [0.3, 0.4) is 0 Å². The van der Waals surface area contributed by atoms with Crippen molar-refractivity contribution in [3.05, 3.63) is 0 Å². The van der Waals surface area contributed by atoms with E-state index in [0.717, 1.165) is 51.5 Å². The Kier molecular flexibility index (Phi) is 8.61. The van der Waals surface area contributed by atoms with E-state index >= 15 is 0 Å². The van der Waals surface area contributed by atoms with Gasteiger partial charge in [0.15, 0.2) is 0 Å². The standard InChI is InChI=1S/C13H28N2O2/c16-11-3-8-14-7-2-9-15(10-4-12-17)13-5-1-6-13/h13-14,16-17H,1-12H2. The van der Waals surface area contributed by atoms with Crippen molar-refractivity contribution in [2.75, 3.05) is 39.4 Å². The van der Waals surface area contributed by atoms with Crippen LogP contribution in [0, 0.1) is 0 Å². The average molecular weight is 244 g/mol. The molecule has 1 aliphatic rings. The maximum atomic E-state index is 8.89. The highest BCUT2D eigenvalue weighted by Crippen LogP contribution is 2.24. The molecule has 1 rings (SSSR count).